The quantitative estimate of drug-likeness (QED) is 0.804. The van der Waals surface area contributed by atoms with Gasteiger partial charge in [-0.1, -0.05) is 20.8 Å². The minimum absolute atomic E-state index is 0.00806. The molecule has 0 unspecified atom stereocenters. The Hall–Kier alpha value is -1.65. The van der Waals surface area contributed by atoms with E-state index in [1.165, 1.54) is 6.07 Å². The fourth-order valence-electron chi connectivity index (χ4n) is 1.43. The smallest absolute Gasteiger partial charge is 0.409 e. The molecule has 0 spiro atoms. The van der Waals surface area contributed by atoms with E-state index in [-0.39, 0.29) is 11.3 Å². The Bertz CT molecular complexity index is 425. The van der Waals surface area contributed by atoms with Crippen molar-refractivity contribution in [1.29, 1.82) is 0 Å². The van der Waals surface area contributed by atoms with Crippen molar-refractivity contribution in [2.45, 2.75) is 26.2 Å². The van der Waals surface area contributed by atoms with Gasteiger partial charge in [-0.15, -0.1) is 0 Å². The SMILES string of the molecule is CC(C)(C)c1c(OC(N)=O)ccc(F)c1F. The Balaban J connectivity index is 3.39. The van der Waals surface area contributed by atoms with E-state index in [4.69, 9.17) is 5.73 Å². The number of benzene rings is 1. The van der Waals surface area contributed by atoms with Crippen LogP contribution < -0.4 is 10.5 Å². The molecule has 1 aromatic carbocycles. The highest BCUT2D eigenvalue weighted by Gasteiger charge is 2.26. The molecular formula is C11H13F2NO2. The molecule has 0 saturated carbocycles. The molecule has 1 rings (SSSR count). The molecular weight excluding hydrogens is 216 g/mol. The number of carbonyl (C=O) groups excluding carboxylic acids is 1. The molecule has 0 radical (unpaired) electrons. The summed E-state index contributed by atoms with van der Waals surface area (Å²) < 4.78 is 31.3. The van der Waals surface area contributed by atoms with Crippen LogP contribution in [0.3, 0.4) is 0 Å². The largest absolute Gasteiger partial charge is 0.410 e. The van der Waals surface area contributed by atoms with Crippen molar-refractivity contribution in [2.75, 3.05) is 0 Å². The molecule has 5 heteroatoms. The van der Waals surface area contributed by atoms with Crippen LogP contribution in [0.2, 0.25) is 0 Å². The van der Waals surface area contributed by atoms with Crippen LogP contribution in [0, 0.1) is 11.6 Å². The third-order valence-electron chi connectivity index (χ3n) is 2.02. The monoisotopic (exact) mass is 229 g/mol. The maximum Gasteiger partial charge on any atom is 0.409 e. The summed E-state index contributed by atoms with van der Waals surface area (Å²) in [5.41, 5.74) is 4.14. The number of nitrogens with two attached hydrogens (primary N) is 1. The third kappa shape index (κ3) is 2.48. The second kappa shape index (κ2) is 4.08. The summed E-state index contributed by atoms with van der Waals surface area (Å²) in [6.07, 6.45) is -1.06. The van der Waals surface area contributed by atoms with E-state index >= 15 is 0 Å². The zero-order chi connectivity index (χ0) is 12.5. The van der Waals surface area contributed by atoms with Crippen LogP contribution in [-0.2, 0) is 5.41 Å². The molecule has 0 atom stereocenters. The first kappa shape index (κ1) is 12.4. The van der Waals surface area contributed by atoms with Crippen LogP contribution in [0.15, 0.2) is 12.1 Å². The van der Waals surface area contributed by atoms with Crippen molar-refractivity contribution in [3.8, 4) is 5.75 Å². The van der Waals surface area contributed by atoms with E-state index < -0.39 is 23.1 Å². The summed E-state index contributed by atoms with van der Waals surface area (Å²) in [6.45, 7) is 5.04. The molecule has 0 bridgehead atoms. The highest BCUT2D eigenvalue weighted by atomic mass is 19.2. The predicted octanol–water partition coefficient (Wildman–Crippen LogP) is 2.72. The Labute approximate surface area is 92.2 Å². The van der Waals surface area contributed by atoms with Crippen LogP contribution in [0.25, 0.3) is 0 Å². The van der Waals surface area contributed by atoms with Crippen molar-refractivity contribution < 1.29 is 18.3 Å². The molecule has 88 valence electrons. The van der Waals surface area contributed by atoms with Gasteiger partial charge in [-0.3, -0.25) is 0 Å². The van der Waals surface area contributed by atoms with Gasteiger partial charge >= 0.3 is 6.09 Å². The van der Waals surface area contributed by atoms with Gasteiger partial charge in [0.1, 0.15) is 5.75 Å². The van der Waals surface area contributed by atoms with Gasteiger partial charge in [0, 0.05) is 5.56 Å². The molecule has 0 aliphatic rings. The summed E-state index contributed by atoms with van der Waals surface area (Å²) in [4.78, 5) is 10.6. The Morgan fingerprint density at radius 1 is 1.31 bits per heavy atom. The van der Waals surface area contributed by atoms with Crippen molar-refractivity contribution >= 4 is 6.09 Å². The Kier molecular flexibility index (Phi) is 3.16. The summed E-state index contributed by atoms with van der Waals surface area (Å²) in [5.74, 6) is -2.06. The topological polar surface area (TPSA) is 52.3 Å². The van der Waals surface area contributed by atoms with Crippen molar-refractivity contribution in [2.24, 2.45) is 5.73 Å². The van der Waals surface area contributed by atoms with Gasteiger partial charge < -0.3 is 10.5 Å². The minimum Gasteiger partial charge on any atom is -0.410 e. The lowest BCUT2D eigenvalue weighted by Gasteiger charge is -2.22. The van der Waals surface area contributed by atoms with Crippen LogP contribution in [0.1, 0.15) is 26.3 Å². The number of amides is 1. The summed E-state index contributed by atoms with van der Waals surface area (Å²) >= 11 is 0. The Morgan fingerprint density at radius 3 is 2.31 bits per heavy atom. The van der Waals surface area contributed by atoms with Gasteiger partial charge in [0.05, 0.1) is 0 Å². The molecule has 2 N–H and O–H groups in total. The normalized spacial score (nSPS) is 11.3. The van der Waals surface area contributed by atoms with Crippen LogP contribution in [0.4, 0.5) is 13.6 Å². The van der Waals surface area contributed by atoms with Gasteiger partial charge in [0.2, 0.25) is 0 Å². The second-order valence-corrected chi connectivity index (χ2v) is 4.41. The van der Waals surface area contributed by atoms with Crippen molar-refractivity contribution in [1.82, 2.24) is 0 Å². The van der Waals surface area contributed by atoms with Crippen molar-refractivity contribution in [3.05, 3.63) is 29.3 Å². The molecule has 0 aliphatic carbocycles. The number of carbonyl (C=O) groups is 1. The first-order chi connectivity index (χ1) is 7.23. The average molecular weight is 229 g/mol. The first-order valence-electron chi connectivity index (χ1n) is 4.69. The minimum atomic E-state index is -1.06. The molecule has 0 saturated heterocycles. The van der Waals surface area contributed by atoms with Gasteiger partial charge in [-0.25, -0.2) is 13.6 Å². The van der Waals surface area contributed by atoms with Crippen LogP contribution >= 0.6 is 0 Å². The maximum atomic E-state index is 13.6. The molecule has 1 aromatic rings. The zero-order valence-electron chi connectivity index (χ0n) is 9.30. The summed E-state index contributed by atoms with van der Waals surface area (Å²) in [5, 5.41) is 0. The van der Waals surface area contributed by atoms with E-state index in [9.17, 15) is 13.6 Å². The number of rotatable bonds is 1. The molecule has 0 fully saturated rings. The van der Waals surface area contributed by atoms with E-state index in [0.29, 0.717) is 0 Å². The molecule has 3 nitrogen and oxygen atoms in total. The van der Waals surface area contributed by atoms with E-state index in [0.717, 1.165) is 6.07 Å². The van der Waals surface area contributed by atoms with Gasteiger partial charge in [-0.2, -0.15) is 0 Å². The lowest BCUT2D eigenvalue weighted by molar-refractivity contribution is 0.209. The van der Waals surface area contributed by atoms with E-state index in [2.05, 4.69) is 4.74 Å². The lowest BCUT2D eigenvalue weighted by Crippen LogP contribution is -2.22. The first-order valence-corrected chi connectivity index (χ1v) is 4.69. The number of hydrogen-bond donors (Lipinski definition) is 1. The standard InChI is InChI=1S/C11H13F2NO2/c1-11(2,3)8-7(16-10(14)15)5-4-6(12)9(8)13/h4-5H,1-3H3,(H2,14,15). The number of primary amides is 1. The molecule has 0 aromatic heterocycles. The van der Waals surface area contributed by atoms with E-state index in [1.54, 1.807) is 20.8 Å². The summed E-state index contributed by atoms with van der Waals surface area (Å²) in [7, 11) is 0. The van der Waals surface area contributed by atoms with E-state index in [1.807, 2.05) is 0 Å². The lowest BCUT2D eigenvalue weighted by atomic mass is 9.86. The fourth-order valence-corrected chi connectivity index (χ4v) is 1.43. The highest BCUT2D eigenvalue weighted by molar-refractivity contribution is 5.68. The molecule has 1 amide bonds. The predicted molar refractivity (Wildman–Crippen MR) is 55.3 cm³/mol. The number of hydrogen-bond acceptors (Lipinski definition) is 2. The van der Waals surface area contributed by atoms with Gasteiger partial charge in [-0.05, 0) is 17.5 Å². The van der Waals surface area contributed by atoms with Crippen molar-refractivity contribution in [3.63, 3.8) is 0 Å². The van der Waals surface area contributed by atoms with Crippen LogP contribution in [0.5, 0.6) is 5.75 Å². The fraction of sp³-hybridized carbons (Fsp3) is 0.364. The van der Waals surface area contributed by atoms with Gasteiger partial charge in [0.15, 0.2) is 11.6 Å². The molecule has 0 aliphatic heterocycles. The van der Waals surface area contributed by atoms with Crippen LogP contribution in [-0.4, -0.2) is 6.09 Å². The molecule has 16 heavy (non-hydrogen) atoms. The highest BCUT2D eigenvalue weighted by Crippen LogP contribution is 2.34. The number of ether oxygens (including phenoxy) is 1. The molecule has 0 heterocycles. The Morgan fingerprint density at radius 2 is 1.88 bits per heavy atom. The third-order valence-corrected chi connectivity index (χ3v) is 2.02. The van der Waals surface area contributed by atoms with Gasteiger partial charge in [0.25, 0.3) is 0 Å². The zero-order valence-corrected chi connectivity index (χ0v) is 9.30. The second-order valence-electron chi connectivity index (χ2n) is 4.41. The number of halogens is 2. The maximum absolute atomic E-state index is 13.6. The average Bonchev–Trinajstić information content (AvgIpc) is 2.08. The summed E-state index contributed by atoms with van der Waals surface area (Å²) in [6, 6.07) is 2.08.